The number of halogens is 3. The van der Waals surface area contributed by atoms with Crippen molar-refractivity contribution < 1.29 is 9.53 Å². The van der Waals surface area contributed by atoms with Crippen molar-refractivity contribution in [2.75, 3.05) is 5.01 Å². The summed E-state index contributed by atoms with van der Waals surface area (Å²) in [5.41, 5.74) is 3.87. The number of anilines is 1. The molecule has 7 heteroatoms. The summed E-state index contributed by atoms with van der Waals surface area (Å²) in [6.07, 6.45) is 1.72. The normalized spacial score (nSPS) is 14.3. The van der Waals surface area contributed by atoms with Gasteiger partial charge in [-0.25, -0.2) is 0 Å². The lowest BCUT2D eigenvalue weighted by molar-refractivity contribution is -0.114. The van der Waals surface area contributed by atoms with Gasteiger partial charge >= 0.3 is 0 Å². The molecule has 0 spiro atoms. The van der Waals surface area contributed by atoms with E-state index in [1.165, 1.54) is 5.01 Å². The van der Waals surface area contributed by atoms with E-state index in [9.17, 15) is 4.79 Å². The highest BCUT2D eigenvalue weighted by Gasteiger charge is 2.32. The Kier molecular flexibility index (Phi) is 7.10. The number of hydrazone groups is 1. The number of para-hydroxylation sites is 1. The lowest BCUT2D eigenvalue weighted by Gasteiger charge is -2.14. The molecule has 0 aliphatic carbocycles. The van der Waals surface area contributed by atoms with Gasteiger partial charge < -0.3 is 4.74 Å². The second-order valence-corrected chi connectivity index (χ2v) is 9.33. The first-order chi connectivity index (χ1) is 17.5. The highest BCUT2D eigenvalue weighted by Crippen LogP contribution is 2.36. The molecule has 36 heavy (non-hydrogen) atoms. The largest absolute Gasteiger partial charge is 0.487 e. The fraction of sp³-hybridized carbons (Fsp3) is 0.0345. The van der Waals surface area contributed by atoms with Gasteiger partial charge in [0.1, 0.15) is 18.1 Å². The van der Waals surface area contributed by atoms with Crippen molar-refractivity contribution in [3.05, 3.63) is 134 Å². The number of carbonyl (C=O) groups excluding carboxylic acids is 1. The van der Waals surface area contributed by atoms with Crippen LogP contribution in [0.15, 0.2) is 108 Å². The minimum absolute atomic E-state index is 0.238. The molecule has 1 amide bonds. The van der Waals surface area contributed by atoms with Crippen molar-refractivity contribution in [2.24, 2.45) is 5.10 Å². The first-order valence-electron chi connectivity index (χ1n) is 11.1. The van der Waals surface area contributed by atoms with Crippen LogP contribution in [0, 0.1) is 0 Å². The average molecular weight is 534 g/mol. The Balaban J connectivity index is 1.58. The topological polar surface area (TPSA) is 41.9 Å². The molecule has 0 saturated carbocycles. The molecule has 1 aliphatic heterocycles. The van der Waals surface area contributed by atoms with Crippen LogP contribution in [0.4, 0.5) is 5.69 Å². The molecule has 1 heterocycles. The van der Waals surface area contributed by atoms with E-state index in [2.05, 4.69) is 5.10 Å². The number of amides is 1. The molecular weight excluding hydrogens is 515 g/mol. The van der Waals surface area contributed by atoms with Crippen LogP contribution < -0.4 is 9.75 Å². The van der Waals surface area contributed by atoms with E-state index in [0.29, 0.717) is 43.4 Å². The molecular formula is C29H19Cl3N2O2. The third-order valence-corrected chi connectivity index (χ3v) is 6.27. The van der Waals surface area contributed by atoms with E-state index in [0.717, 1.165) is 11.1 Å². The first-order valence-corrected chi connectivity index (χ1v) is 12.2. The summed E-state index contributed by atoms with van der Waals surface area (Å²) in [4.78, 5) is 13.6. The van der Waals surface area contributed by atoms with Crippen LogP contribution in [0.1, 0.15) is 16.7 Å². The smallest absolute Gasteiger partial charge is 0.281 e. The number of nitrogens with zero attached hydrogens (tertiary/aromatic N) is 2. The molecule has 4 aromatic carbocycles. The van der Waals surface area contributed by atoms with E-state index in [4.69, 9.17) is 39.5 Å². The van der Waals surface area contributed by atoms with Crippen LogP contribution in [0.25, 0.3) is 6.08 Å². The Morgan fingerprint density at radius 2 is 1.53 bits per heavy atom. The molecule has 0 unspecified atom stereocenters. The van der Waals surface area contributed by atoms with E-state index < -0.39 is 0 Å². The highest BCUT2D eigenvalue weighted by molar-refractivity contribution is 6.38. The van der Waals surface area contributed by atoms with E-state index in [-0.39, 0.29) is 12.5 Å². The fourth-order valence-electron chi connectivity index (χ4n) is 3.88. The van der Waals surface area contributed by atoms with Crippen LogP contribution >= 0.6 is 34.8 Å². The Hall–Kier alpha value is -3.57. The number of ether oxygens (including phenoxy) is 1. The second-order valence-electron chi connectivity index (χ2n) is 8.05. The van der Waals surface area contributed by atoms with Crippen LogP contribution in [0.5, 0.6) is 5.75 Å². The molecule has 4 aromatic rings. The lowest BCUT2D eigenvalue weighted by atomic mass is 10.00. The SMILES string of the molecule is O=C1/C(=C\c2cc(Cl)cc(Cl)c2OCc2cccc(Cl)c2)C(c2ccccc2)=NN1c1ccccc1. The number of rotatable bonds is 6. The zero-order valence-corrected chi connectivity index (χ0v) is 21.1. The quantitative estimate of drug-likeness (QED) is 0.235. The fourth-order valence-corrected chi connectivity index (χ4v) is 4.65. The predicted octanol–water partition coefficient (Wildman–Crippen LogP) is 8.06. The summed E-state index contributed by atoms with van der Waals surface area (Å²) in [7, 11) is 0. The standard InChI is InChI=1S/C29H19Cl3N2O2/c30-22-11-7-8-19(14-22)18-36-28-21(15-23(31)17-26(28)32)16-25-27(20-9-3-1-4-10-20)33-34(29(25)35)24-12-5-2-6-13-24/h1-17H,18H2/b25-16-. The van der Waals surface area contributed by atoms with E-state index in [1.54, 1.807) is 24.3 Å². The van der Waals surface area contributed by atoms with Crippen LogP contribution in [-0.4, -0.2) is 11.6 Å². The van der Waals surface area contributed by atoms with Crippen LogP contribution in [0.3, 0.4) is 0 Å². The van der Waals surface area contributed by atoms with Crippen molar-refractivity contribution >= 4 is 58.2 Å². The molecule has 1 aliphatic rings. The highest BCUT2D eigenvalue weighted by atomic mass is 35.5. The van der Waals surface area contributed by atoms with Gasteiger partial charge in [-0.15, -0.1) is 0 Å². The van der Waals surface area contributed by atoms with E-state index >= 15 is 0 Å². The minimum Gasteiger partial charge on any atom is -0.487 e. The summed E-state index contributed by atoms with van der Waals surface area (Å²) in [6.45, 7) is 0.238. The maximum Gasteiger partial charge on any atom is 0.281 e. The molecule has 0 radical (unpaired) electrons. The Bertz CT molecular complexity index is 1490. The summed E-state index contributed by atoms with van der Waals surface area (Å²) < 4.78 is 6.10. The number of hydrogen-bond acceptors (Lipinski definition) is 3. The lowest BCUT2D eigenvalue weighted by Crippen LogP contribution is -2.21. The van der Waals surface area contributed by atoms with Crippen molar-refractivity contribution in [3.63, 3.8) is 0 Å². The van der Waals surface area contributed by atoms with Crippen molar-refractivity contribution in [3.8, 4) is 5.75 Å². The van der Waals surface area contributed by atoms with Gasteiger partial charge in [0.2, 0.25) is 0 Å². The number of carbonyl (C=O) groups is 1. The average Bonchev–Trinajstić information content (AvgIpc) is 3.20. The van der Waals surface area contributed by atoms with Crippen LogP contribution in [0.2, 0.25) is 15.1 Å². The molecule has 0 saturated heterocycles. The van der Waals surface area contributed by atoms with E-state index in [1.807, 2.05) is 78.9 Å². The van der Waals surface area contributed by atoms with Crippen molar-refractivity contribution in [1.29, 1.82) is 0 Å². The summed E-state index contributed by atoms with van der Waals surface area (Å²) in [5, 5.41) is 7.44. The van der Waals surface area contributed by atoms with Gasteiger partial charge in [-0.05, 0) is 48.0 Å². The zero-order valence-electron chi connectivity index (χ0n) is 18.9. The predicted molar refractivity (Wildman–Crippen MR) is 147 cm³/mol. The maximum absolute atomic E-state index is 13.6. The third-order valence-electron chi connectivity index (χ3n) is 5.54. The van der Waals surface area contributed by atoms with Gasteiger partial charge in [-0.3, -0.25) is 4.79 Å². The molecule has 0 bridgehead atoms. The molecule has 0 N–H and O–H groups in total. The molecule has 0 atom stereocenters. The van der Waals surface area contributed by atoms with Gasteiger partial charge in [-0.2, -0.15) is 10.1 Å². The van der Waals surface area contributed by atoms with Crippen molar-refractivity contribution in [2.45, 2.75) is 6.61 Å². The minimum atomic E-state index is -0.267. The van der Waals surface area contributed by atoms with Gasteiger partial charge in [0, 0.05) is 21.2 Å². The molecule has 0 fully saturated rings. The molecule has 0 aromatic heterocycles. The number of hydrogen-bond donors (Lipinski definition) is 0. The monoisotopic (exact) mass is 532 g/mol. The first kappa shape index (κ1) is 24.1. The Morgan fingerprint density at radius 3 is 2.25 bits per heavy atom. The second kappa shape index (κ2) is 10.6. The summed E-state index contributed by atoms with van der Waals surface area (Å²) in [5.74, 6) is 0.142. The van der Waals surface area contributed by atoms with Gasteiger partial charge in [-0.1, -0.05) is 95.5 Å². The zero-order chi connectivity index (χ0) is 25.1. The van der Waals surface area contributed by atoms with Crippen molar-refractivity contribution in [1.82, 2.24) is 0 Å². The third kappa shape index (κ3) is 5.17. The number of benzene rings is 4. The Morgan fingerprint density at radius 1 is 0.806 bits per heavy atom. The maximum atomic E-state index is 13.6. The van der Waals surface area contributed by atoms with Gasteiger partial charge in [0.15, 0.2) is 0 Å². The molecule has 4 nitrogen and oxygen atoms in total. The molecule has 178 valence electrons. The summed E-state index contributed by atoms with van der Waals surface area (Å²) >= 11 is 19.0. The van der Waals surface area contributed by atoms with Gasteiger partial charge in [0.25, 0.3) is 5.91 Å². The summed E-state index contributed by atoms with van der Waals surface area (Å²) in [6, 6.07) is 29.5. The van der Waals surface area contributed by atoms with Crippen LogP contribution in [-0.2, 0) is 11.4 Å². The molecule has 5 rings (SSSR count). The van der Waals surface area contributed by atoms with Gasteiger partial charge in [0.05, 0.1) is 16.3 Å². The Labute approximate surface area is 224 Å².